The summed E-state index contributed by atoms with van der Waals surface area (Å²) in [6.45, 7) is 0.725. The van der Waals surface area contributed by atoms with Crippen LogP contribution in [-0.4, -0.2) is 13.7 Å². The monoisotopic (exact) mass is 258 g/mol. The van der Waals surface area contributed by atoms with Gasteiger partial charge in [0.15, 0.2) is 0 Å². The number of hydrogen-bond donors (Lipinski definition) is 2. The number of anilines is 2. The Morgan fingerprint density at radius 2 is 1.89 bits per heavy atom. The van der Waals surface area contributed by atoms with E-state index in [1.807, 2.05) is 24.3 Å². The van der Waals surface area contributed by atoms with Crippen LogP contribution in [0.4, 0.5) is 15.8 Å². The van der Waals surface area contributed by atoms with E-state index in [0.29, 0.717) is 0 Å². The van der Waals surface area contributed by atoms with Gasteiger partial charge in [-0.25, -0.2) is 4.39 Å². The van der Waals surface area contributed by atoms with Gasteiger partial charge in [-0.05, 0) is 35.9 Å². The van der Waals surface area contributed by atoms with E-state index in [4.69, 9.17) is 4.74 Å². The summed E-state index contributed by atoms with van der Waals surface area (Å²) in [4.78, 5) is 0. The van der Waals surface area contributed by atoms with Crippen molar-refractivity contribution in [3.05, 3.63) is 53.8 Å². The summed E-state index contributed by atoms with van der Waals surface area (Å²) >= 11 is 0. The zero-order chi connectivity index (χ0) is 13.2. The van der Waals surface area contributed by atoms with Crippen molar-refractivity contribution in [2.45, 2.75) is 6.04 Å². The van der Waals surface area contributed by atoms with Gasteiger partial charge in [0.05, 0.1) is 24.5 Å². The number of ether oxygens (including phenoxy) is 1. The van der Waals surface area contributed by atoms with Gasteiger partial charge >= 0.3 is 0 Å². The fourth-order valence-electron chi connectivity index (χ4n) is 2.28. The molecule has 0 radical (unpaired) electrons. The lowest BCUT2D eigenvalue weighted by molar-refractivity contribution is 0.414. The van der Waals surface area contributed by atoms with Crippen LogP contribution in [0, 0.1) is 5.82 Å². The van der Waals surface area contributed by atoms with Gasteiger partial charge in [-0.3, -0.25) is 0 Å². The highest BCUT2D eigenvalue weighted by molar-refractivity contribution is 5.71. The number of methoxy groups -OCH3 is 1. The van der Waals surface area contributed by atoms with Crippen molar-refractivity contribution >= 4 is 11.4 Å². The van der Waals surface area contributed by atoms with E-state index in [2.05, 4.69) is 10.6 Å². The SMILES string of the molecule is COc1ccc(C2CNc3cc(F)ccc3N2)cc1. The lowest BCUT2D eigenvalue weighted by atomic mass is 10.0. The third kappa shape index (κ3) is 2.34. The van der Waals surface area contributed by atoms with Crippen LogP contribution in [0.2, 0.25) is 0 Å². The molecule has 1 aliphatic rings. The van der Waals surface area contributed by atoms with Gasteiger partial charge < -0.3 is 15.4 Å². The second-order valence-corrected chi connectivity index (χ2v) is 4.54. The normalized spacial score (nSPS) is 17.1. The maximum Gasteiger partial charge on any atom is 0.125 e. The number of nitrogens with one attached hydrogen (secondary N) is 2. The van der Waals surface area contributed by atoms with Crippen molar-refractivity contribution < 1.29 is 9.13 Å². The average molecular weight is 258 g/mol. The minimum atomic E-state index is -0.226. The molecule has 1 unspecified atom stereocenters. The third-order valence-corrected chi connectivity index (χ3v) is 3.33. The van der Waals surface area contributed by atoms with E-state index in [0.717, 1.165) is 23.7 Å². The number of fused-ring (bicyclic) bond motifs is 1. The van der Waals surface area contributed by atoms with Crippen LogP contribution in [0.3, 0.4) is 0 Å². The highest BCUT2D eigenvalue weighted by atomic mass is 19.1. The van der Waals surface area contributed by atoms with Gasteiger partial charge in [-0.15, -0.1) is 0 Å². The summed E-state index contributed by atoms with van der Waals surface area (Å²) < 4.78 is 18.3. The number of benzene rings is 2. The zero-order valence-corrected chi connectivity index (χ0v) is 10.6. The van der Waals surface area contributed by atoms with Gasteiger partial charge in [-0.1, -0.05) is 12.1 Å². The molecule has 0 amide bonds. The quantitative estimate of drug-likeness (QED) is 0.866. The fraction of sp³-hybridized carbons (Fsp3) is 0.200. The van der Waals surface area contributed by atoms with Crippen LogP contribution in [-0.2, 0) is 0 Å². The molecule has 1 atom stereocenters. The molecule has 1 aliphatic heterocycles. The van der Waals surface area contributed by atoms with Crippen LogP contribution >= 0.6 is 0 Å². The van der Waals surface area contributed by atoms with Gasteiger partial charge in [0.25, 0.3) is 0 Å². The van der Waals surface area contributed by atoms with Crippen molar-refractivity contribution in [1.82, 2.24) is 0 Å². The van der Waals surface area contributed by atoms with Crippen LogP contribution in [0.25, 0.3) is 0 Å². The van der Waals surface area contributed by atoms with Gasteiger partial charge in [0, 0.05) is 6.54 Å². The first kappa shape index (κ1) is 11.8. The molecule has 19 heavy (non-hydrogen) atoms. The Balaban J connectivity index is 1.82. The van der Waals surface area contributed by atoms with E-state index < -0.39 is 0 Å². The summed E-state index contributed by atoms with van der Waals surface area (Å²) in [5.41, 5.74) is 2.90. The molecule has 0 saturated heterocycles. The van der Waals surface area contributed by atoms with Crippen molar-refractivity contribution in [3.8, 4) is 5.75 Å². The number of hydrogen-bond acceptors (Lipinski definition) is 3. The average Bonchev–Trinajstić information content (AvgIpc) is 2.47. The first-order chi connectivity index (χ1) is 9.26. The number of halogens is 1. The van der Waals surface area contributed by atoms with Crippen LogP contribution in [0.15, 0.2) is 42.5 Å². The molecule has 3 nitrogen and oxygen atoms in total. The van der Waals surface area contributed by atoms with E-state index in [1.54, 1.807) is 13.2 Å². The lowest BCUT2D eigenvalue weighted by Crippen LogP contribution is -2.25. The predicted molar refractivity (Wildman–Crippen MR) is 74.2 cm³/mol. The molecule has 4 heteroatoms. The Labute approximate surface area is 111 Å². The lowest BCUT2D eigenvalue weighted by Gasteiger charge is -2.28. The van der Waals surface area contributed by atoms with Crippen LogP contribution < -0.4 is 15.4 Å². The minimum absolute atomic E-state index is 0.170. The van der Waals surface area contributed by atoms with Gasteiger partial charge in [0.1, 0.15) is 11.6 Å². The van der Waals surface area contributed by atoms with Crippen LogP contribution in [0.5, 0.6) is 5.75 Å². The Morgan fingerprint density at radius 3 is 2.63 bits per heavy atom. The second-order valence-electron chi connectivity index (χ2n) is 4.54. The molecular formula is C15H15FN2O. The molecule has 0 saturated carbocycles. The smallest absolute Gasteiger partial charge is 0.125 e. The maximum absolute atomic E-state index is 13.1. The molecule has 1 heterocycles. The zero-order valence-electron chi connectivity index (χ0n) is 10.6. The molecule has 2 aromatic rings. The summed E-state index contributed by atoms with van der Waals surface area (Å²) in [6.07, 6.45) is 0. The summed E-state index contributed by atoms with van der Waals surface area (Å²) in [5, 5.41) is 6.65. The van der Waals surface area contributed by atoms with Crippen molar-refractivity contribution in [3.63, 3.8) is 0 Å². The predicted octanol–water partition coefficient (Wildman–Crippen LogP) is 3.41. The molecular weight excluding hydrogens is 243 g/mol. The minimum Gasteiger partial charge on any atom is -0.497 e. The standard InChI is InChI=1S/C15H15FN2O/c1-19-12-5-2-10(3-6-12)15-9-17-14-8-11(16)4-7-13(14)18-15/h2-8,15,17-18H,9H2,1H3. The molecule has 0 bridgehead atoms. The molecule has 0 aliphatic carbocycles. The fourth-order valence-corrected chi connectivity index (χ4v) is 2.28. The second kappa shape index (κ2) is 4.80. The molecule has 2 N–H and O–H groups in total. The van der Waals surface area contributed by atoms with Gasteiger partial charge in [-0.2, -0.15) is 0 Å². The van der Waals surface area contributed by atoms with Crippen LogP contribution in [0.1, 0.15) is 11.6 Å². The highest BCUT2D eigenvalue weighted by Gasteiger charge is 2.18. The molecule has 0 spiro atoms. The topological polar surface area (TPSA) is 33.3 Å². The van der Waals surface area contributed by atoms with Gasteiger partial charge in [0.2, 0.25) is 0 Å². The third-order valence-electron chi connectivity index (χ3n) is 3.33. The van der Waals surface area contributed by atoms with Crippen molar-refractivity contribution in [2.24, 2.45) is 0 Å². The molecule has 3 rings (SSSR count). The molecule has 98 valence electrons. The van der Waals surface area contributed by atoms with E-state index in [-0.39, 0.29) is 11.9 Å². The van der Waals surface area contributed by atoms with E-state index in [1.165, 1.54) is 17.7 Å². The maximum atomic E-state index is 13.1. The van der Waals surface area contributed by atoms with E-state index in [9.17, 15) is 4.39 Å². The number of rotatable bonds is 2. The first-order valence-corrected chi connectivity index (χ1v) is 6.20. The summed E-state index contributed by atoms with van der Waals surface area (Å²) in [7, 11) is 1.65. The Hall–Kier alpha value is -2.23. The van der Waals surface area contributed by atoms with Crippen molar-refractivity contribution in [2.75, 3.05) is 24.3 Å². The molecule has 2 aromatic carbocycles. The van der Waals surface area contributed by atoms with E-state index >= 15 is 0 Å². The largest absolute Gasteiger partial charge is 0.497 e. The molecule has 0 aromatic heterocycles. The Morgan fingerprint density at radius 1 is 1.11 bits per heavy atom. The summed E-state index contributed by atoms with van der Waals surface area (Å²) in [5.74, 6) is 0.617. The van der Waals surface area contributed by atoms with Crippen molar-refractivity contribution in [1.29, 1.82) is 0 Å². The molecule has 0 fully saturated rings. The Kier molecular flexibility index (Phi) is 2.99. The first-order valence-electron chi connectivity index (χ1n) is 6.20. The Bertz CT molecular complexity index is 583. The highest BCUT2D eigenvalue weighted by Crippen LogP contribution is 2.32. The summed E-state index contributed by atoms with van der Waals surface area (Å²) in [6, 6.07) is 12.8.